The Hall–Kier alpha value is -3.27. The molecule has 3 aromatic carbocycles. The van der Waals surface area contributed by atoms with Crippen LogP contribution in [0, 0.1) is 0 Å². The zero-order valence-electron chi connectivity index (χ0n) is 25.8. The highest BCUT2D eigenvalue weighted by Crippen LogP contribution is 2.35. The second-order valence-corrected chi connectivity index (χ2v) is 11.8. The predicted octanol–water partition coefficient (Wildman–Crippen LogP) is 1.96. The average Bonchev–Trinajstić information content (AvgIpc) is 3.12. The summed E-state index contributed by atoms with van der Waals surface area (Å²) in [5.74, 6) is -0.572. The van der Waals surface area contributed by atoms with Gasteiger partial charge >= 0.3 is 0 Å². The lowest BCUT2D eigenvalue weighted by molar-refractivity contribution is -0.342. The van der Waals surface area contributed by atoms with Crippen molar-refractivity contribution in [3.63, 3.8) is 0 Å². The van der Waals surface area contributed by atoms with Crippen molar-refractivity contribution >= 4 is 5.91 Å². The number of amides is 1. The molecule has 0 radical (unpaired) electrons. The molecule has 4 N–H and O–H groups in total. The number of fused-ring (bicyclic) bond motifs is 1. The first kappa shape index (κ1) is 33.6. The van der Waals surface area contributed by atoms with Crippen molar-refractivity contribution in [3.05, 3.63) is 108 Å². The molecule has 3 heterocycles. The van der Waals surface area contributed by atoms with Gasteiger partial charge in [0.15, 0.2) is 18.9 Å². The van der Waals surface area contributed by atoms with Crippen LogP contribution in [0.4, 0.5) is 0 Å². The van der Waals surface area contributed by atoms with Gasteiger partial charge in [0, 0.05) is 12.0 Å². The van der Waals surface area contributed by atoms with Gasteiger partial charge in [0.25, 0.3) is 0 Å². The number of hydrogen-bond acceptors (Lipinski definition) is 11. The number of aliphatic hydroxyl groups excluding tert-OH is 3. The third-order valence-corrected chi connectivity index (χ3v) is 8.42. The molecule has 47 heavy (non-hydrogen) atoms. The van der Waals surface area contributed by atoms with Crippen LogP contribution < -0.4 is 5.32 Å². The van der Waals surface area contributed by atoms with E-state index >= 15 is 0 Å². The lowest BCUT2D eigenvalue weighted by Gasteiger charge is -2.45. The van der Waals surface area contributed by atoms with E-state index in [-0.39, 0.29) is 19.6 Å². The first-order chi connectivity index (χ1) is 23.0. The predicted molar refractivity (Wildman–Crippen MR) is 165 cm³/mol. The van der Waals surface area contributed by atoms with Crippen LogP contribution in [-0.2, 0) is 51.2 Å². The maximum absolute atomic E-state index is 13.3. The van der Waals surface area contributed by atoms with Crippen molar-refractivity contribution < 1.29 is 53.3 Å². The minimum atomic E-state index is -1.47. The highest BCUT2D eigenvalue weighted by molar-refractivity contribution is 5.77. The molecule has 3 saturated heterocycles. The number of ether oxygens (including phenoxy) is 7. The number of nitrogens with one attached hydrogen (secondary N) is 1. The first-order valence-electron chi connectivity index (χ1n) is 15.8. The van der Waals surface area contributed by atoms with Gasteiger partial charge < -0.3 is 53.8 Å². The summed E-state index contributed by atoms with van der Waals surface area (Å²) in [5.41, 5.74) is 2.67. The van der Waals surface area contributed by atoms with Crippen LogP contribution in [0.2, 0.25) is 0 Å². The van der Waals surface area contributed by atoms with Gasteiger partial charge in [-0.05, 0) is 11.1 Å². The van der Waals surface area contributed by atoms with E-state index in [1.54, 1.807) is 0 Å². The Bertz CT molecular complexity index is 1380. The van der Waals surface area contributed by atoms with Gasteiger partial charge in [0.2, 0.25) is 5.91 Å². The van der Waals surface area contributed by atoms with Crippen molar-refractivity contribution in [2.24, 2.45) is 0 Å². The first-order valence-corrected chi connectivity index (χ1v) is 15.8. The Morgan fingerprint density at radius 3 is 2.09 bits per heavy atom. The third kappa shape index (κ3) is 8.61. The van der Waals surface area contributed by atoms with Gasteiger partial charge in [-0.15, -0.1) is 0 Å². The standard InChI is InChI=1S/C35H41NO11/c37-17-26-31(39)32(40)30(35(46-26)43-19-23-12-6-2-7-13-23)36-28(38)21-41-25-16-29(42-18-22-10-4-1-5-11-22)45-27-20-44-34(47-33(25)27)24-14-8-3-9-15-24/h1-15,25-27,29-35,37,39-40H,16-21H2,(H,36,38)/t25-,26-,27-,29+,30+,31-,32-,33+,34?,35+/m1/s1. The van der Waals surface area contributed by atoms with Crippen LogP contribution >= 0.6 is 0 Å². The Labute approximate surface area is 273 Å². The largest absolute Gasteiger partial charge is 0.394 e. The molecule has 0 aliphatic carbocycles. The molecular formula is C35H41NO11. The van der Waals surface area contributed by atoms with Crippen LogP contribution in [0.25, 0.3) is 0 Å². The summed E-state index contributed by atoms with van der Waals surface area (Å²) in [7, 11) is 0. The number of rotatable bonds is 12. The lowest BCUT2D eigenvalue weighted by atomic mass is 9.97. The van der Waals surface area contributed by atoms with E-state index in [9.17, 15) is 20.1 Å². The maximum atomic E-state index is 13.3. The minimum absolute atomic E-state index is 0.118. The van der Waals surface area contributed by atoms with Crippen LogP contribution in [-0.4, -0.2) is 96.3 Å². The molecule has 1 unspecified atom stereocenters. The Morgan fingerprint density at radius 1 is 0.787 bits per heavy atom. The minimum Gasteiger partial charge on any atom is -0.394 e. The second-order valence-electron chi connectivity index (χ2n) is 11.8. The summed E-state index contributed by atoms with van der Waals surface area (Å²) in [4.78, 5) is 13.3. The topological polar surface area (TPSA) is 154 Å². The fourth-order valence-corrected chi connectivity index (χ4v) is 5.92. The number of carbonyl (C=O) groups is 1. The Morgan fingerprint density at radius 2 is 1.43 bits per heavy atom. The second kappa shape index (κ2) is 16.2. The molecule has 6 rings (SSSR count). The molecule has 12 nitrogen and oxygen atoms in total. The summed E-state index contributed by atoms with van der Waals surface area (Å²) < 4.78 is 42.4. The zero-order chi connectivity index (χ0) is 32.6. The SMILES string of the molecule is O=C(CO[C@@H]1C[C@@H](OCc2ccccc2)O[C@@H]2COC(c3ccccc3)O[C@@H]12)N[C@@H]1[C@@H](OCc2ccccc2)O[C@H](CO)[C@@H](O)[C@@H]1O. The van der Waals surface area contributed by atoms with E-state index in [2.05, 4.69) is 5.32 Å². The summed E-state index contributed by atoms with van der Waals surface area (Å²) in [5, 5.41) is 33.8. The molecule has 3 aromatic rings. The van der Waals surface area contributed by atoms with E-state index < -0.39 is 80.7 Å². The number of benzene rings is 3. The Balaban J connectivity index is 1.11. The fraction of sp³-hybridized carbons (Fsp3) is 0.457. The number of hydrogen-bond donors (Lipinski definition) is 4. The van der Waals surface area contributed by atoms with Crippen molar-refractivity contribution in [2.75, 3.05) is 19.8 Å². The van der Waals surface area contributed by atoms with Crippen LogP contribution in [0.3, 0.4) is 0 Å². The number of aliphatic hydroxyl groups is 3. The normalized spacial score (nSPS) is 32.3. The van der Waals surface area contributed by atoms with Gasteiger partial charge in [-0.3, -0.25) is 4.79 Å². The van der Waals surface area contributed by atoms with Gasteiger partial charge in [0.1, 0.15) is 43.2 Å². The van der Waals surface area contributed by atoms with Gasteiger partial charge in [-0.25, -0.2) is 0 Å². The average molecular weight is 652 g/mol. The molecule has 0 aromatic heterocycles. The molecule has 3 aliphatic rings. The summed E-state index contributed by atoms with van der Waals surface area (Å²) in [6.07, 6.45) is -7.82. The van der Waals surface area contributed by atoms with Crippen molar-refractivity contribution in [2.45, 2.75) is 81.2 Å². The Kier molecular flexibility index (Phi) is 11.6. The van der Waals surface area contributed by atoms with E-state index in [4.69, 9.17) is 33.2 Å². The van der Waals surface area contributed by atoms with Gasteiger partial charge in [0.05, 0.1) is 32.5 Å². The van der Waals surface area contributed by atoms with E-state index in [1.165, 1.54) is 0 Å². The molecule has 0 bridgehead atoms. The zero-order valence-corrected chi connectivity index (χ0v) is 25.8. The van der Waals surface area contributed by atoms with E-state index in [0.29, 0.717) is 6.61 Å². The molecule has 10 atom stereocenters. The number of carbonyl (C=O) groups excluding carboxylic acids is 1. The van der Waals surface area contributed by atoms with Gasteiger partial charge in [-0.1, -0.05) is 91.0 Å². The lowest BCUT2D eigenvalue weighted by Crippen LogP contribution is -2.65. The van der Waals surface area contributed by atoms with Crippen LogP contribution in [0.1, 0.15) is 29.4 Å². The monoisotopic (exact) mass is 651 g/mol. The van der Waals surface area contributed by atoms with E-state index in [1.807, 2.05) is 91.0 Å². The molecule has 0 saturated carbocycles. The fourth-order valence-electron chi connectivity index (χ4n) is 5.92. The molecule has 3 aliphatic heterocycles. The van der Waals surface area contributed by atoms with Crippen molar-refractivity contribution in [1.29, 1.82) is 0 Å². The van der Waals surface area contributed by atoms with Gasteiger partial charge in [-0.2, -0.15) is 0 Å². The molecule has 0 spiro atoms. The van der Waals surface area contributed by atoms with Crippen LogP contribution in [0.5, 0.6) is 0 Å². The quantitative estimate of drug-likeness (QED) is 0.227. The molecule has 3 fully saturated rings. The van der Waals surface area contributed by atoms with Crippen LogP contribution in [0.15, 0.2) is 91.0 Å². The summed E-state index contributed by atoms with van der Waals surface area (Å²) >= 11 is 0. The van der Waals surface area contributed by atoms with E-state index in [0.717, 1.165) is 16.7 Å². The summed E-state index contributed by atoms with van der Waals surface area (Å²) in [6.45, 7) is -0.260. The maximum Gasteiger partial charge on any atom is 0.246 e. The highest BCUT2D eigenvalue weighted by atomic mass is 16.7. The van der Waals surface area contributed by atoms with Crippen molar-refractivity contribution in [1.82, 2.24) is 5.32 Å². The summed E-state index contributed by atoms with van der Waals surface area (Å²) in [6, 6.07) is 27.4. The molecule has 252 valence electrons. The molecule has 1 amide bonds. The molecular weight excluding hydrogens is 610 g/mol. The third-order valence-electron chi connectivity index (χ3n) is 8.42. The molecule has 12 heteroatoms. The smallest absolute Gasteiger partial charge is 0.246 e. The van der Waals surface area contributed by atoms with Crippen molar-refractivity contribution in [3.8, 4) is 0 Å². The highest BCUT2D eigenvalue weighted by Gasteiger charge is 2.47.